The number of aliphatic hydroxyl groups is 1. The second kappa shape index (κ2) is 9.06. The van der Waals surface area contributed by atoms with Gasteiger partial charge in [-0.1, -0.05) is 26.8 Å². The number of rotatable bonds is 9. The molecule has 20 heavy (non-hydrogen) atoms. The first kappa shape index (κ1) is 17.1. The van der Waals surface area contributed by atoms with E-state index in [0.717, 1.165) is 31.0 Å². The van der Waals surface area contributed by atoms with Crippen LogP contribution in [0.3, 0.4) is 0 Å². The van der Waals surface area contributed by atoms with Gasteiger partial charge in [-0.2, -0.15) is 0 Å². The zero-order valence-corrected chi connectivity index (χ0v) is 13.3. The number of nitrogens with one attached hydrogen (secondary N) is 1. The predicted octanol–water partition coefficient (Wildman–Crippen LogP) is 1.82. The van der Waals surface area contributed by atoms with Crippen molar-refractivity contribution in [1.82, 2.24) is 15.2 Å². The van der Waals surface area contributed by atoms with Crippen LogP contribution in [-0.4, -0.2) is 47.3 Å². The van der Waals surface area contributed by atoms with E-state index in [1.54, 1.807) is 0 Å². The predicted molar refractivity (Wildman–Crippen MR) is 83.6 cm³/mol. The number of pyridine rings is 1. The van der Waals surface area contributed by atoms with Gasteiger partial charge in [-0.15, -0.1) is 0 Å². The molecule has 4 heteroatoms. The molecule has 1 unspecified atom stereocenters. The Bertz CT molecular complexity index is 382. The number of likely N-dealkylation sites (N-methyl/N-ethyl adjacent to an activating group) is 1. The van der Waals surface area contributed by atoms with Crippen molar-refractivity contribution in [1.29, 1.82) is 0 Å². The maximum Gasteiger partial charge on any atom is 0.0791 e. The average molecular weight is 279 g/mol. The molecule has 0 bridgehead atoms. The maximum atomic E-state index is 10.1. The molecule has 0 saturated carbocycles. The molecule has 4 nitrogen and oxygen atoms in total. The molecule has 0 saturated heterocycles. The van der Waals surface area contributed by atoms with Gasteiger partial charge >= 0.3 is 0 Å². The van der Waals surface area contributed by atoms with Crippen LogP contribution in [0.25, 0.3) is 0 Å². The zero-order valence-electron chi connectivity index (χ0n) is 13.3. The van der Waals surface area contributed by atoms with Gasteiger partial charge < -0.3 is 10.4 Å². The van der Waals surface area contributed by atoms with Gasteiger partial charge in [0.2, 0.25) is 0 Å². The molecule has 0 spiro atoms. The molecule has 0 amide bonds. The molecule has 1 aromatic heterocycles. The average Bonchev–Trinajstić information content (AvgIpc) is 2.37. The summed E-state index contributed by atoms with van der Waals surface area (Å²) < 4.78 is 0. The third-order valence-corrected chi connectivity index (χ3v) is 3.18. The van der Waals surface area contributed by atoms with Crippen LogP contribution >= 0.6 is 0 Å². The molecule has 1 rings (SSSR count). The van der Waals surface area contributed by atoms with Crippen molar-refractivity contribution in [3.8, 4) is 0 Å². The van der Waals surface area contributed by atoms with E-state index < -0.39 is 0 Å². The summed E-state index contributed by atoms with van der Waals surface area (Å²) in [5.74, 6) is 0.612. The van der Waals surface area contributed by atoms with Crippen molar-refractivity contribution in [2.24, 2.45) is 5.92 Å². The van der Waals surface area contributed by atoms with Gasteiger partial charge in [0.15, 0.2) is 0 Å². The number of nitrogens with zero attached hydrogens (tertiary/aromatic N) is 2. The van der Waals surface area contributed by atoms with E-state index in [4.69, 9.17) is 0 Å². The lowest BCUT2D eigenvalue weighted by Gasteiger charge is -2.23. The minimum absolute atomic E-state index is 0.335. The van der Waals surface area contributed by atoms with Crippen molar-refractivity contribution >= 4 is 0 Å². The Kier molecular flexibility index (Phi) is 7.73. The molecular formula is C16H29N3O. The standard InChI is InChI=1S/C16H29N3O/c1-5-19(11-15-8-6-7-14(4)18-15)12-16(20)10-17-9-13(2)3/h6-8,13,16-17,20H,5,9-12H2,1-4H3. The zero-order chi connectivity index (χ0) is 15.0. The van der Waals surface area contributed by atoms with Gasteiger partial charge in [-0.25, -0.2) is 0 Å². The van der Waals surface area contributed by atoms with E-state index in [1.165, 1.54) is 0 Å². The summed E-state index contributed by atoms with van der Waals surface area (Å²) in [5.41, 5.74) is 2.10. The summed E-state index contributed by atoms with van der Waals surface area (Å²) in [7, 11) is 0. The normalized spacial score (nSPS) is 13.2. The highest BCUT2D eigenvalue weighted by Gasteiger charge is 2.11. The molecule has 114 valence electrons. The van der Waals surface area contributed by atoms with Gasteiger partial charge in [-0.05, 0) is 38.1 Å². The number of aliphatic hydroxyl groups excluding tert-OH is 1. The largest absolute Gasteiger partial charge is 0.390 e. The Labute approximate surface area is 123 Å². The molecule has 0 aliphatic heterocycles. The lowest BCUT2D eigenvalue weighted by atomic mass is 10.2. The monoisotopic (exact) mass is 279 g/mol. The molecule has 2 N–H and O–H groups in total. The molecular weight excluding hydrogens is 250 g/mol. The fourth-order valence-corrected chi connectivity index (χ4v) is 2.12. The lowest BCUT2D eigenvalue weighted by Crippen LogP contribution is -2.39. The first-order valence-corrected chi connectivity index (χ1v) is 7.55. The highest BCUT2D eigenvalue weighted by molar-refractivity contribution is 5.09. The van der Waals surface area contributed by atoms with Crippen LogP contribution in [-0.2, 0) is 6.54 Å². The van der Waals surface area contributed by atoms with Gasteiger partial charge in [0.05, 0.1) is 11.8 Å². The Morgan fingerprint density at radius 3 is 2.65 bits per heavy atom. The highest BCUT2D eigenvalue weighted by atomic mass is 16.3. The summed E-state index contributed by atoms with van der Waals surface area (Å²) in [6.07, 6.45) is -0.335. The first-order chi connectivity index (χ1) is 9.51. The SMILES string of the molecule is CCN(Cc1cccc(C)n1)CC(O)CNCC(C)C. The van der Waals surface area contributed by atoms with Gasteiger partial charge in [-0.3, -0.25) is 9.88 Å². The Morgan fingerprint density at radius 1 is 1.30 bits per heavy atom. The maximum absolute atomic E-state index is 10.1. The van der Waals surface area contributed by atoms with Gasteiger partial charge in [0.25, 0.3) is 0 Å². The number of aromatic nitrogens is 1. The van der Waals surface area contributed by atoms with Crippen molar-refractivity contribution < 1.29 is 5.11 Å². The minimum atomic E-state index is -0.335. The van der Waals surface area contributed by atoms with Crippen LogP contribution in [0.15, 0.2) is 18.2 Å². The van der Waals surface area contributed by atoms with Crippen LogP contribution in [0, 0.1) is 12.8 Å². The van der Waals surface area contributed by atoms with Crippen molar-refractivity contribution in [3.63, 3.8) is 0 Å². The molecule has 0 radical (unpaired) electrons. The molecule has 1 heterocycles. The first-order valence-electron chi connectivity index (χ1n) is 7.55. The van der Waals surface area contributed by atoms with E-state index in [9.17, 15) is 5.11 Å². The fourth-order valence-electron chi connectivity index (χ4n) is 2.12. The van der Waals surface area contributed by atoms with Gasteiger partial charge in [0, 0.05) is 25.3 Å². The second-order valence-electron chi connectivity index (χ2n) is 5.80. The van der Waals surface area contributed by atoms with Gasteiger partial charge in [0.1, 0.15) is 0 Å². The van der Waals surface area contributed by atoms with Crippen molar-refractivity contribution in [2.75, 3.05) is 26.2 Å². The number of hydrogen-bond donors (Lipinski definition) is 2. The van der Waals surface area contributed by atoms with Crippen LogP contribution in [0.4, 0.5) is 0 Å². The van der Waals surface area contributed by atoms with E-state index >= 15 is 0 Å². The molecule has 1 aromatic rings. The Balaban J connectivity index is 2.38. The lowest BCUT2D eigenvalue weighted by molar-refractivity contribution is 0.109. The Morgan fingerprint density at radius 2 is 2.05 bits per heavy atom. The van der Waals surface area contributed by atoms with Crippen molar-refractivity contribution in [3.05, 3.63) is 29.6 Å². The fraction of sp³-hybridized carbons (Fsp3) is 0.688. The molecule has 1 atom stereocenters. The van der Waals surface area contributed by atoms with Crippen molar-refractivity contribution in [2.45, 2.75) is 40.3 Å². The third kappa shape index (κ3) is 6.98. The van der Waals surface area contributed by atoms with E-state index in [1.807, 2.05) is 25.1 Å². The van der Waals surface area contributed by atoms with Crippen LogP contribution < -0.4 is 5.32 Å². The summed E-state index contributed by atoms with van der Waals surface area (Å²) in [4.78, 5) is 6.74. The van der Waals surface area contributed by atoms with E-state index in [-0.39, 0.29) is 6.10 Å². The van der Waals surface area contributed by atoms with E-state index in [0.29, 0.717) is 19.0 Å². The molecule has 0 aliphatic rings. The third-order valence-electron chi connectivity index (χ3n) is 3.18. The smallest absolute Gasteiger partial charge is 0.0791 e. The number of hydrogen-bond acceptors (Lipinski definition) is 4. The summed E-state index contributed by atoms with van der Waals surface area (Å²) in [5, 5.41) is 13.4. The molecule has 0 fully saturated rings. The molecule has 0 aromatic carbocycles. The summed E-state index contributed by atoms with van der Waals surface area (Å²) in [6, 6.07) is 6.08. The van der Waals surface area contributed by atoms with Crippen LogP contribution in [0.1, 0.15) is 32.2 Å². The Hall–Kier alpha value is -0.970. The van der Waals surface area contributed by atoms with Crippen LogP contribution in [0.5, 0.6) is 0 Å². The minimum Gasteiger partial charge on any atom is -0.390 e. The summed E-state index contributed by atoms with van der Waals surface area (Å²) in [6.45, 7) is 12.4. The van der Waals surface area contributed by atoms with Crippen LogP contribution in [0.2, 0.25) is 0 Å². The topological polar surface area (TPSA) is 48.4 Å². The molecule has 0 aliphatic carbocycles. The summed E-state index contributed by atoms with van der Waals surface area (Å²) >= 11 is 0. The quantitative estimate of drug-likeness (QED) is 0.724. The second-order valence-corrected chi connectivity index (χ2v) is 5.80. The van der Waals surface area contributed by atoms with E-state index in [2.05, 4.69) is 36.0 Å². The highest BCUT2D eigenvalue weighted by Crippen LogP contribution is 2.04. The number of aryl methyl sites for hydroxylation is 1.